The van der Waals surface area contributed by atoms with E-state index in [2.05, 4.69) is 201 Å². The molecule has 8 aliphatic heterocycles. The molecule has 0 aliphatic carbocycles. The van der Waals surface area contributed by atoms with Crippen molar-refractivity contribution in [1.29, 1.82) is 0 Å². The predicted octanol–water partition coefficient (Wildman–Crippen LogP) is 9.11. The molecule has 8 aliphatic rings. The summed E-state index contributed by atoms with van der Waals surface area (Å²) in [5.74, 6) is 0.567. The molecule has 133 heavy (non-hydrogen) atoms. The molecule has 39 nitrogen and oxygen atoms in total. The van der Waals surface area contributed by atoms with Crippen molar-refractivity contribution in [2.24, 2.45) is 0 Å². The number of nitrogens with one attached hydrogen (secondary N) is 4. The highest BCUT2D eigenvalue weighted by Crippen LogP contribution is 2.53. The van der Waals surface area contributed by atoms with E-state index in [9.17, 15) is 50.7 Å². The summed E-state index contributed by atoms with van der Waals surface area (Å²) >= 11 is 16.4. The van der Waals surface area contributed by atoms with Crippen LogP contribution in [0.5, 0.6) is 0 Å². The first-order chi connectivity index (χ1) is 62.3. The van der Waals surface area contributed by atoms with E-state index >= 15 is 0 Å². The van der Waals surface area contributed by atoms with Gasteiger partial charge in [0.15, 0.2) is 55.7 Å². The van der Waals surface area contributed by atoms with Crippen LogP contribution in [-0.2, 0) is 82.3 Å². The van der Waals surface area contributed by atoms with E-state index in [-0.39, 0.29) is 121 Å². The Hall–Kier alpha value is -6.02. The van der Waals surface area contributed by atoms with E-state index in [0.29, 0.717) is 29.7 Å². The lowest BCUT2D eigenvalue weighted by Crippen LogP contribution is -2.66. The van der Waals surface area contributed by atoms with Crippen molar-refractivity contribution >= 4 is 123 Å². The first-order valence-corrected chi connectivity index (χ1v) is 62.4. The number of ether oxygens (including phenoxy) is 5. The van der Waals surface area contributed by atoms with Crippen LogP contribution >= 0.6 is 36.7 Å². The summed E-state index contributed by atoms with van der Waals surface area (Å²) in [5.41, 5.74) is -2.02. The molecule has 0 amide bonds. The summed E-state index contributed by atoms with van der Waals surface area (Å²) in [6.07, 6.45) is 9.55. The number of imidazole rings is 3. The zero-order valence-corrected chi connectivity index (χ0v) is 90.6. The normalized spacial score (nSPS) is 26.7. The van der Waals surface area contributed by atoms with Crippen molar-refractivity contribution in [3.63, 3.8) is 0 Å². The number of rotatable bonds is 17. The van der Waals surface area contributed by atoms with Crippen molar-refractivity contribution in [1.82, 2.24) is 67.5 Å². The van der Waals surface area contributed by atoms with Crippen molar-refractivity contribution in [2.75, 3.05) is 69.0 Å². The highest BCUT2D eigenvalue weighted by Gasteiger charge is 2.67. The monoisotopic (exact) mass is 2060 g/mol. The Bertz CT molecular complexity index is 5380. The van der Waals surface area contributed by atoms with E-state index < -0.39 is 178 Å². The molecule has 0 saturated carbocycles. The summed E-state index contributed by atoms with van der Waals surface area (Å²) in [6.45, 7) is 53.3. The molecule has 744 valence electrons. The van der Waals surface area contributed by atoms with Gasteiger partial charge in [0.25, 0.3) is 27.0 Å². The van der Waals surface area contributed by atoms with E-state index in [4.69, 9.17) is 99.2 Å². The summed E-state index contributed by atoms with van der Waals surface area (Å²) < 4.78 is 149. The van der Waals surface area contributed by atoms with Gasteiger partial charge in [-0.05, 0) is 103 Å². The third-order valence-corrected chi connectivity index (χ3v) is 60.8. The van der Waals surface area contributed by atoms with Gasteiger partial charge in [0.1, 0.15) is 61.7 Å². The van der Waals surface area contributed by atoms with Crippen molar-refractivity contribution < 1.29 is 84.5 Å². The fourth-order valence-corrected chi connectivity index (χ4v) is 55.1. The van der Waals surface area contributed by atoms with Gasteiger partial charge in [0.05, 0.1) is 42.8 Å². The number of sulfone groups is 2. The Morgan fingerprint density at radius 2 is 0.684 bits per heavy atom. The molecule has 50 heteroatoms. The Morgan fingerprint density at radius 3 is 0.977 bits per heavy atom. The standard InChI is InChI=1S/C26H45N3O9S2Si2.C25H40N4O7SSi2.C21H38N2O7Si2.C7H6N4S.C4H9NO2S/c1-16(2)41(17(3)4)34-15-20-22(37-42(38-41,18(5)6)19(7)8)23(24(35-20)29-10-9-21(30)27-25(29)31)36-26(39)28-11-13-40(32,33)14-12-28;1-15(2)38(16(3)4)32-13-19-21(35-39(36-38,17(5)6)18(7)8)22(34-25(37)28-12-10-26-14-28)23(33-19)29-11-9-20(30)27-24(29)31;1-12(2)31(13(3)4)27-11-16-19(29-32(30-31,14(5)6)15(7)8)18(25)20(28-16)23-10-9-17(24)22-21(23)26;12-7(10-3-1-8-5-10)11-4-2-9-6-11;6-8(7)3-1-5-2-4-8/h9-10,16-20,22-24H,11-15H2,1-8H3,(H,27,30,31);9-12,14-19,21-23H,13H2,1-8H3,(H,27,30,31);9-10,12-16,18-20,25H,11H2,1-8H3,(H,22,24,26);1-6H;5H,1-4H2/t20-,22+,23?,24-;19-,21+,22?,23-;16-,18?,19+,20-;;/m111../s1. The molecule has 0 spiro atoms. The number of aromatic nitrogens is 12. The maximum atomic E-state index is 13.0. The molecule has 12 atom stereocenters. The average Bonchev–Trinajstić information content (AvgIpc) is 1.72. The first-order valence-electron chi connectivity index (χ1n) is 45.7. The van der Waals surface area contributed by atoms with Crippen molar-refractivity contribution in [3.05, 3.63) is 155 Å². The SMILES string of the molecule is CC(C)[Si]1(C(C)C)OC[C@H]2O[C@@H](n3ccc(=O)[nH]c3=O)C(O)[C@H]2O[Si](C(C)C)(C(C)C)O1.CC(C)[Si]1(C(C)C)OC[C@H]2O[C@@H](n3ccc(=O)[nH]c3=O)C(OC(=S)N3CCS(=O)(=O)CC3)[C@H]2O[Si](C(C)C)(C(C)C)O1.CC(C)[Si]1(C(C)C)OC[C@H]2O[C@@H](n3ccc(=O)[nH]c3=O)C(OC(=S)n3ccnc3)[C@H]2O[Si](C(C)C)(C(C)C)O1.O=S1(=O)CCNCC1.S=C(n1ccnc1)n1ccnc1. The number of aliphatic hydroxyl groups excluding tert-OH is 1. The molecule has 6 aromatic heterocycles. The maximum absolute atomic E-state index is 13.0. The van der Waals surface area contributed by atoms with Gasteiger partial charge in [0, 0.05) is 100 Å². The van der Waals surface area contributed by atoms with Gasteiger partial charge in [-0.25, -0.2) is 46.2 Å². The zero-order chi connectivity index (χ0) is 98.3. The van der Waals surface area contributed by atoms with Crippen molar-refractivity contribution in [2.45, 2.75) is 306 Å². The summed E-state index contributed by atoms with van der Waals surface area (Å²) in [7, 11) is -23.1. The van der Waals surface area contributed by atoms with Crippen LogP contribution in [-0.4, -0.2) is 275 Å². The molecule has 0 aromatic carbocycles. The second kappa shape index (κ2) is 45.1. The van der Waals surface area contributed by atoms with Gasteiger partial charge in [-0.2, -0.15) is 0 Å². The molecule has 3 unspecified atom stereocenters. The molecule has 8 fully saturated rings. The fraction of sp³-hybridized carbons (Fsp3) is 0.711. The lowest BCUT2D eigenvalue weighted by Gasteiger charge is -2.51. The second-order valence-electron chi connectivity index (χ2n) is 38.3. The Balaban J connectivity index is 0.000000187. The zero-order valence-electron chi connectivity index (χ0n) is 80.6. The third kappa shape index (κ3) is 24.2. The van der Waals surface area contributed by atoms with Crippen LogP contribution in [0.1, 0.15) is 185 Å². The number of hydrogen-bond acceptors (Lipinski definition) is 32. The fourth-order valence-electron chi connectivity index (χ4n) is 18.4. The molecule has 5 N–H and O–H groups in total. The van der Waals surface area contributed by atoms with Gasteiger partial charge in [0.2, 0.25) is 0 Å². The second-order valence-corrected chi connectivity index (χ2v) is 70.5. The molecular weight excluding hydrogens is 1920 g/mol. The minimum atomic E-state index is -3.14. The molecule has 6 aromatic rings. The van der Waals surface area contributed by atoms with Gasteiger partial charge < -0.3 is 77.9 Å². The summed E-state index contributed by atoms with van der Waals surface area (Å²) in [5, 5.41) is 15.0. The third-order valence-electron chi connectivity index (χ3n) is 25.7. The van der Waals surface area contributed by atoms with Gasteiger partial charge >= 0.3 is 68.4 Å². The lowest BCUT2D eigenvalue weighted by atomic mass is 10.1. The van der Waals surface area contributed by atoms with Crippen LogP contribution < -0.4 is 39.1 Å². The topological polar surface area (TPSA) is 451 Å². The number of aromatic amines is 3. The lowest BCUT2D eigenvalue weighted by molar-refractivity contribution is -0.0600. The van der Waals surface area contributed by atoms with E-state index in [1.54, 1.807) is 68.4 Å². The highest BCUT2D eigenvalue weighted by atomic mass is 32.2. The number of fused-ring (bicyclic) bond motifs is 3. The van der Waals surface area contributed by atoms with Crippen LogP contribution in [0.4, 0.5) is 0 Å². The largest absolute Gasteiger partial charge is 0.460 e. The molecule has 0 radical (unpaired) electrons. The van der Waals surface area contributed by atoms with E-state index in [1.165, 1.54) is 56.8 Å². The Kier molecular flexibility index (Phi) is 36.9. The smallest absolute Gasteiger partial charge is 0.335 e. The summed E-state index contributed by atoms with van der Waals surface area (Å²) in [6, 6.07) is 3.75. The molecule has 14 rings (SSSR count). The Morgan fingerprint density at radius 1 is 0.398 bits per heavy atom. The number of nitrogens with zero attached hydrogens (tertiary/aromatic N) is 10. The Labute approximate surface area is 800 Å². The first kappa shape index (κ1) is 109. The molecular formula is C83H138N14O25S5Si6. The molecule has 14 heterocycles. The van der Waals surface area contributed by atoms with Gasteiger partial charge in [-0.3, -0.25) is 56.7 Å². The van der Waals surface area contributed by atoms with Crippen LogP contribution in [0.25, 0.3) is 0 Å². The molecule has 8 saturated heterocycles. The van der Waals surface area contributed by atoms with Crippen LogP contribution in [0.15, 0.2) is 122 Å². The van der Waals surface area contributed by atoms with Gasteiger partial charge in [-0.15, -0.1) is 0 Å². The summed E-state index contributed by atoms with van der Waals surface area (Å²) in [4.78, 5) is 93.8. The average molecular weight is 2060 g/mol. The van der Waals surface area contributed by atoms with E-state index in [1.807, 2.05) is 0 Å². The van der Waals surface area contributed by atoms with Crippen LogP contribution in [0, 0.1) is 0 Å². The number of hydrogen-bond donors (Lipinski definition) is 5. The van der Waals surface area contributed by atoms with E-state index in [0.717, 1.165) is 0 Å². The highest BCUT2D eigenvalue weighted by molar-refractivity contribution is 7.91. The molecule has 0 bridgehead atoms. The minimum absolute atomic E-state index is 0.0292. The maximum Gasteiger partial charge on any atom is 0.335 e. The predicted molar refractivity (Wildman–Crippen MR) is 525 cm³/mol. The van der Waals surface area contributed by atoms with Crippen LogP contribution in [0.3, 0.4) is 0 Å². The number of H-pyrrole nitrogens is 3. The minimum Gasteiger partial charge on any atom is -0.460 e. The number of thiocarbonyl (C=S) groups is 3. The van der Waals surface area contributed by atoms with Gasteiger partial charge in [-0.1, -0.05) is 166 Å². The van der Waals surface area contributed by atoms with Crippen LogP contribution in [0.2, 0.25) is 66.5 Å². The van der Waals surface area contributed by atoms with Crippen molar-refractivity contribution in [3.8, 4) is 0 Å². The quantitative estimate of drug-likeness (QED) is 0.0419. The number of aliphatic hydroxyl groups is 1.